The van der Waals surface area contributed by atoms with Gasteiger partial charge in [-0.1, -0.05) is 23.8 Å². The number of carbonyl (C=O) groups is 1. The van der Waals surface area contributed by atoms with Crippen molar-refractivity contribution >= 4 is 11.6 Å². The fourth-order valence-corrected chi connectivity index (χ4v) is 2.20. The monoisotopic (exact) mass is 284 g/mol. The van der Waals surface area contributed by atoms with Crippen LogP contribution >= 0.6 is 0 Å². The largest absolute Gasteiger partial charge is 0.496 e. The molecule has 21 heavy (non-hydrogen) atoms. The van der Waals surface area contributed by atoms with Crippen LogP contribution in [-0.4, -0.2) is 13.0 Å². The van der Waals surface area contributed by atoms with Crippen LogP contribution < -0.4 is 15.8 Å². The van der Waals surface area contributed by atoms with E-state index in [-0.39, 0.29) is 0 Å². The van der Waals surface area contributed by atoms with Crippen LogP contribution in [0.5, 0.6) is 5.75 Å². The van der Waals surface area contributed by atoms with E-state index in [0.717, 1.165) is 22.6 Å². The molecule has 0 saturated carbocycles. The maximum atomic E-state index is 11.3. The van der Waals surface area contributed by atoms with Gasteiger partial charge in [0.25, 0.3) is 0 Å². The summed E-state index contributed by atoms with van der Waals surface area (Å²) >= 11 is 0. The highest BCUT2D eigenvalue weighted by Crippen LogP contribution is 2.23. The number of ether oxygens (including phenoxy) is 1. The van der Waals surface area contributed by atoms with Gasteiger partial charge in [-0.2, -0.15) is 0 Å². The Morgan fingerprint density at radius 3 is 2.62 bits per heavy atom. The molecule has 0 aliphatic carbocycles. The summed E-state index contributed by atoms with van der Waals surface area (Å²) in [6, 6.07) is 11.4. The van der Waals surface area contributed by atoms with Crippen LogP contribution in [0.25, 0.3) is 0 Å². The fraction of sp³-hybridized carbons (Fsp3) is 0.235. The maximum Gasteiger partial charge on any atom is 0.248 e. The third-order valence-electron chi connectivity index (χ3n) is 3.43. The Morgan fingerprint density at radius 2 is 1.95 bits per heavy atom. The van der Waals surface area contributed by atoms with Gasteiger partial charge < -0.3 is 15.8 Å². The highest BCUT2D eigenvalue weighted by Gasteiger charge is 2.07. The van der Waals surface area contributed by atoms with E-state index in [0.29, 0.717) is 12.1 Å². The van der Waals surface area contributed by atoms with Crippen molar-refractivity contribution in [2.45, 2.75) is 20.4 Å². The van der Waals surface area contributed by atoms with E-state index in [2.05, 4.69) is 11.4 Å². The molecule has 4 nitrogen and oxygen atoms in total. The zero-order chi connectivity index (χ0) is 15.4. The Bertz CT molecular complexity index is 666. The van der Waals surface area contributed by atoms with Crippen molar-refractivity contribution < 1.29 is 9.53 Å². The normalized spacial score (nSPS) is 10.2. The van der Waals surface area contributed by atoms with Crippen molar-refractivity contribution in [2.75, 3.05) is 12.4 Å². The molecule has 0 aliphatic heterocycles. The minimum atomic E-state index is -0.425. The second-order valence-corrected chi connectivity index (χ2v) is 5.06. The first-order valence-corrected chi connectivity index (χ1v) is 6.79. The topological polar surface area (TPSA) is 64.3 Å². The number of primary amides is 1. The molecule has 0 spiro atoms. The maximum absolute atomic E-state index is 11.3. The predicted octanol–water partition coefficient (Wildman–Crippen LogP) is 3.02. The molecule has 3 N–H and O–H groups in total. The first-order chi connectivity index (χ1) is 10.0. The Balaban J connectivity index is 2.22. The second kappa shape index (κ2) is 6.31. The molecular weight excluding hydrogens is 264 g/mol. The lowest BCUT2D eigenvalue weighted by Crippen LogP contribution is -2.12. The third-order valence-corrected chi connectivity index (χ3v) is 3.43. The molecule has 4 heteroatoms. The molecule has 2 aromatic rings. The number of carbonyl (C=O) groups excluding carboxylic acids is 1. The Labute approximate surface area is 124 Å². The molecule has 2 rings (SSSR count). The first-order valence-electron chi connectivity index (χ1n) is 6.79. The highest BCUT2D eigenvalue weighted by atomic mass is 16.5. The van der Waals surface area contributed by atoms with Crippen molar-refractivity contribution in [1.82, 2.24) is 0 Å². The average molecular weight is 284 g/mol. The van der Waals surface area contributed by atoms with Crippen molar-refractivity contribution in [1.29, 1.82) is 0 Å². The summed E-state index contributed by atoms with van der Waals surface area (Å²) in [6.07, 6.45) is 0. The summed E-state index contributed by atoms with van der Waals surface area (Å²) < 4.78 is 5.37. The number of hydrogen-bond acceptors (Lipinski definition) is 3. The lowest BCUT2D eigenvalue weighted by molar-refractivity contribution is 0.100. The van der Waals surface area contributed by atoms with Gasteiger partial charge in [0.05, 0.1) is 7.11 Å². The van der Waals surface area contributed by atoms with Crippen molar-refractivity contribution in [2.24, 2.45) is 5.73 Å². The number of methoxy groups -OCH3 is 1. The van der Waals surface area contributed by atoms with Crippen LogP contribution in [0.4, 0.5) is 5.69 Å². The summed E-state index contributed by atoms with van der Waals surface area (Å²) in [5.74, 6) is 0.419. The Kier molecular flexibility index (Phi) is 4.48. The molecule has 0 heterocycles. The van der Waals surface area contributed by atoms with Gasteiger partial charge in [-0.3, -0.25) is 4.79 Å². The molecule has 0 aromatic heterocycles. The van der Waals surface area contributed by atoms with Gasteiger partial charge in [0.2, 0.25) is 5.91 Å². The molecule has 1 amide bonds. The average Bonchev–Trinajstić information content (AvgIpc) is 2.46. The van der Waals surface area contributed by atoms with Crippen LogP contribution in [0.3, 0.4) is 0 Å². The van der Waals surface area contributed by atoms with Gasteiger partial charge in [0.1, 0.15) is 5.75 Å². The van der Waals surface area contributed by atoms with E-state index >= 15 is 0 Å². The number of nitrogens with two attached hydrogens (primary N) is 1. The minimum absolute atomic E-state index is 0.425. The zero-order valence-corrected chi connectivity index (χ0v) is 12.6. The number of anilines is 1. The highest BCUT2D eigenvalue weighted by molar-refractivity contribution is 5.94. The lowest BCUT2D eigenvalue weighted by Gasteiger charge is -2.13. The van der Waals surface area contributed by atoms with Gasteiger partial charge in [0.15, 0.2) is 0 Å². The molecule has 0 radical (unpaired) electrons. The number of benzene rings is 2. The lowest BCUT2D eigenvalue weighted by atomic mass is 10.1. The Hall–Kier alpha value is -2.49. The molecule has 0 fully saturated rings. The van der Waals surface area contributed by atoms with E-state index in [9.17, 15) is 4.79 Å². The molecular formula is C17H20N2O2. The summed E-state index contributed by atoms with van der Waals surface area (Å²) in [5.41, 5.74) is 10.0. The van der Waals surface area contributed by atoms with Crippen molar-refractivity contribution in [3.63, 3.8) is 0 Å². The van der Waals surface area contributed by atoms with Gasteiger partial charge in [-0.15, -0.1) is 0 Å². The van der Waals surface area contributed by atoms with Crippen molar-refractivity contribution in [3.8, 4) is 5.75 Å². The van der Waals surface area contributed by atoms with E-state index in [1.807, 2.05) is 32.0 Å². The number of hydrogen-bond donors (Lipinski definition) is 2. The third kappa shape index (κ3) is 3.54. The zero-order valence-electron chi connectivity index (χ0n) is 12.6. The van der Waals surface area contributed by atoms with Gasteiger partial charge in [-0.05, 0) is 37.6 Å². The smallest absolute Gasteiger partial charge is 0.248 e. The summed E-state index contributed by atoms with van der Waals surface area (Å²) in [4.78, 5) is 11.3. The van der Waals surface area contributed by atoms with Crippen LogP contribution in [0.1, 0.15) is 27.0 Å². The minimum Gasteiger partial charge on any atom is -0.496 e. The second-order valence-electron chi connectivity index (χ2n) is 5.06. The number of amides is 1. The quantitative estimate of drug-likeness (QED) is 0.887. The van der Waals surface area contributed by atoms with Crippen LogP contribution in [-0.2, 0) is 6.54 Å². The predicted molar refractivity (Wildman–Crippen MR) is 84.8 cm³/mol. The van der Waals surface area contributed by atoms with E-state index in [1.54, 1.807) is 19.2 Å². The SMILES string of the molecule is COc1ccc(C)cc1CNc1cc(C(N)=O)ccc1C. The van der Waals surface area contributed by atoms with Crippen molar-refractivity contribution in [3.05, 3.63) is 58.7 Å². The van der Waals surface area contributed by atoms with E-state index in [4.69, 9.17) is 10.5 Å². The molecule has 0 saturated heterocycles. The van der Waals surface area contributed by atoms with Crippen LogP contribution in [0, 0.1) is 13.8 Å². The molecule has 110 valence electrons. The van der Waals surface area contributed by atoms with Gasteiger partial charge in [-0.25, -0.2) is 0 Å². The molecule has 0 aliphatic rings. The molecule has 2 aromatic carbocycles. The van der Waals surface area contributed by atoms with Crippen LogP contribution in [0.2, 0.25) is 0 Å². The summed E-state index contributed by atoms with van der Waals surface area (Å²) in [6.45, 7) is 4.65. The summed E-state index contributed by atoms with van der Waals surface area (Å²) in [7, 11) is 1.66. The number of rotatable bonds is 5. The fourth-order valence-electron chi connectivity index (χ4n) is 2.20. The van der Waals surface area contributed by atoms with Gasteiger partial charge in [0, 0.05) is 23.4 Å². The molecule has 0 unspecified atom stereocenters. The van der Waals surface area contributed by atoms with Gasteiger partial charge >= 0.3 is 0 Å². The number of aryl methyl sites for hydroxylation is 2. The Morgan fingerprint density at radius 1 is 1.19 bits per heavy atom. The molecule has 0 atom stereocenters. The van der Waals surface area contributed by atoms with E-state index < -0.39 is 5.91 Å². The summed E-state index contributed by atoms with van der Waals surface area (Å²) in [5, 5.41) is 3.34. The molecule has 0 bridgehead atoms. The standard InChI is InChI=1S/C17H20N2O2/c1-11-4-7-16(21-3)14(8-11)10-19-15-9-13(17(18)20)6-5-12(15)2/h4-9,19H,10H2,1-3H3,(H2,18,20). The van der Waals surface area contributed by atoms with E-state index in [1.165, 1.54) is 5.56 Å². The number of nitrogens with one attached hydrogen (secondary N) is 1. The first kappa shape index (κ1) is 14.9. The van der Waals surface area contributed by atoms with Crippen LogP contribution in [0.15, 0.2) is 36.4 Å².